The molecule has 5 rings (SSSR count). The minimum atomic E-state index is -3.91. The van der Waals surface area contributed by atoms with Gasteiger partial charge in [0.05, 0.1) is 30.6 Å². The predicted octanol–water partition coefficient (Wildman–Crippen LogP) is 7.10. The van der Waals surface area contributed by atoms with Gasteiger partial charge in [0.2, 0.25) is 5.90 Å². The van der Waals surface area contributed by atoms with Crippen LogP contribution in [-0.2, 0) is 25.9 Å². The van der Waals surface area contributed by atoms with Crippen molar-refractivity contribution in [3.05, 3.63) is 59.2 Å². The van der Waals surface area contributed by atoms with Crippen LogP contribution < -0.4 is 4.74 Å². The highest BCUT2D eigenvalue weighted by atomic mass is 32.2. The van der Waals surface area contributed by atoms with E-state index in [9.17, 15) is 8.42 Å². The summed E-state index contributed by atoms with van der Waals surface area (Å²) in [5.74, 6) is 3.08. The Labute approximate surface area is 240 Å². The summed E-state index contributed by atoms with van der Waals surface area (Å²) in [4.78, 5) is 0.184. The summed E-state index contributed by atoms with van der Waals surface area (Å²) in [6, 6.07) is 13.4. The van der Waals surface area contributed by atoms with E-state index in [1.54, 1.807) is 38.5 Å². The molecule has 0 saturated heterocycles. The molecule has 2 fully saturated rings. The van der Waals surface area contributed by atoms with Crippen LogP contribution in [0.25, 0.3) is 0 Å². The van der Waals surface area contributed by atoms with Crippen LogP contribution in [0.15, 0.2) is 51.8 Å². The Bertz CT molecular complexity index is 1350. The molecule has 0 N–H and O–H groups in total. The van der Waals surface area contributed by atoms with Crippen LogP contribution >= 0.6 is 0 Å². The Balaban J connectivity index is 1.45. The molecule has 3 aliphatic rings. The van der Waals surface area contributed by atoms with Gasteiger partial charge in [-0.25, -0.2) is 0 Å². The number of rotatable bonds is 8. The molecular weight excluding hydrogens is 522 g/mol. The van der Waals surface area contributed by atoms with Crippen molar-refractivity contribution in [3.63, 3.8) is 0 Å². The standard InChI is InChI=1S/C33H45NO5S/c1-22(2)21-39-31(34-40(35,36)26-11-7-23(3)8-12-26)20-33(38-6)18-16-30-29-13-9-24-19-25(37-5)10-14-27(24)28(29)15-17-32(30,33)4/h7-8,10-12,14,19,22,28-30H,9,13,15-18,20-21H2,1-6H3/t28-,29-,30+,32+,33-/m1/s1. The van der Waals surface area contributed by atoms with Crippen LogP contribution in [-0.4, -0.2) is 40.7 Å². The minimum Gasteiger partial charge on any atom is -0.497 e. The summed E-state index contributed by atoms with van der Waals surface area (Å²) < 4.78 is 49.1. The fraction of sp³-hybridized carbons (Fsp3) is 0.606. The van der Waals surface area contributed by atoms with Crippen molar-refractivity contribution >= 4 is 15.9 Å². The monoisotopic (exact) mass is 567 g/mol. The molecule has 0 amide bonds. The van der Waals surface area contributed by atoms with E-state index in [1.807, 2.05) is 6.92 Å². The third kappa shape index (κ3) is 5.20. The highest BCUT2D eigenvalue weighted by Gasteiger charge is 2.63. The second-order valence-electron chi connectivity index (χ2n) is 12.8. The van der Waals surface area contributed by atoms with Gasteiger partial charge in [0.1, 0.15) is 5.75 Å². The van der Waals surface area contributed by atoms with Crippen LogP contribution in [0.3, 0.4) is 0 Å². The molecule has 2 aromatic carbocycles. The number of ether oxygens (including phenoxy) is 3. The zero-order chi connectivity index (χ0) is 28.7. The Morgan fingerprint density at radius 1 is 1.05 bits per heavy atom. The van der Waals surface area contributed by atoms with E-state index in [4.69, 9.17) is 14.2 Å². The first kappa shape index (κ1) is 29.1. The molecule has 0 radical (unpaired) electrons. The summed E-state index contributed by atoms with van der Waals surface area (Å²) >= 11 is 0. The first-order chi connectivity index (χ1) is 19.0. The van der Waals surface area contributed by atoms with E-state index in [2.05, 4.69) is 43.4 Å². The second kappa shape index (κ2) is 11.1. The maximum absolute atomic E-state index is 13.4. The molecule has 0 bridgehead atoms. The Morgan fingerprint density at radius 2 is 1.80 bits per heavy atom. The fourth-order valence-corrected chi connectivity index (χ4v) is 8.96. The molecule has 218 valence electrons. The molecule has 40 heavy (non-hydrogen) atoms. The first-order valence-electron chi connectivity index (χ1n) is 14.8. The summed E-state index contributed by atoms with van der Waals surface area (Å²) in [5, 5.41) is 0. The average molecular weight is 568 g/mol. The van der Waals surface area contributed by atoms with Gasteiger partial charge in [0.15, 0.2) is 0 Å². The highest BCUT2D eigenvalue weighted by Crippen LogP contribution is 2.66. The van der Waals surface area contributed by atoms with Crippen LogP contribution in [0.4, 0.5) is 0 Å². The van der Waals surface area contributed by atoms with Gasteiger partial charge in [-0.2, -0.15) is 8.42 Å². The van der Waals surface area contributed by atoms with Crippen LogP contribution in [0.1, 0.15) is 81.9 Å². The summed E-state index contributed by atoms with van der Waals surface area (Å²) in [7, 11) is -0.390. The van der Waals surface area contributed by atoms with Crippen molar-refractivity contribution in [1.82, 2.24) is 0 Å². The summed E-state index contributed by atoms with van der Waals surface area (Å²) in [6.07, 6.45) is 6.66. The molecule has 0 aromatic heterocycles. The van der Waals surface area contributed by atoms with Crippen LogP contribution in [0.5, 0.6) is 5.75 Å². The minimum absolute atomic E-state index is 0.0948. The SMILES string of the molecule is COc1ccc2c(c1)CC[C@@H]1[C@@H]2CC[C@@]2(C)[C@H]1CC[C@]2(CC(=NS(=O)(=O)c1ccc(C)cc1)OCC(C)C)OC. The van der Waals surface area contributed by atoms with Gasteiger partial charge in [0, 0.05) is 12.5 Å². The number of benzene rings is 2. The van der Waals surface area contributed by atoms with Crippen molar-refractivity contribution < 1.29 is 22.6 Å². The normalized spacial score (nSPS) is 30.0. The van der Waals surface area contributed by atoms with Gasteiger partial charge in [-0.15, -0.1) is 4.40 Å². The summed E-state index contributed by atoms with van der Waals surface area (Å²) in [5.41, 5.74) is 3.30. The molecule has 0 unspecified atom stereocenters. The first-order valence-corrected chi connectivity index (χ1v) is 16.2. The fourth-order valence-electron chi connectivity index (χ4n) is 7.99. The van der Waals surface area contributed by atoms with Gasteiger partial charge in [-0.1, -0.05) is 44.5 Å². The van der Waals surface area contributed by atoms with Crippen LogP contribution in [0.2, 0.25) is 0 Å². The molecule has 0 spiro atoms. The lowest BCUT2D eigenvalue weighted by Gasteiger charge is -2.54. The van der Waals surface area contributed by atoms with E-state index in [0.717, 1.165) is 49.8 Å². The predicted molar refractivity (Wildman–Crippen MR) is 159 cm³/mol. The second-order valence-corrected chi connectivity index (χ2v) is 14.4. The third-order valence-electron chi connectivity index (χ3n) is 10.2. The van der Waals surface area contributed by atoms with Gasteiger partial charge in [-0.3, -0.25) is 0 Å². The average Bonchev–Trinajstić information content (AvgIpc) is 3.23. The van der Waals surface area contributed by atoms with Gasteiger partial charge in [-0.05, 0) is 105 Å². The smallest absolute Gasteiger partial charge is 0.285 e. The number of hydrogen-bond donors (Lipinski definition) is 0. The largest absolute Gasteiger partial charge is 0.497 e. The Morgan fingerprint density at radius 3 is 2.48 bits per heavy atom. The van der Waals surface area contributed by atoms with Gasteiger partial charge < -0.3 is 14.2 Å². The molecular formula is C33H45NO5S. The lowest BCUT2D eigenvalue weighted by Crippen LogP contribution is -2.53. The van der Waals surface area contributed by atoms with Crippen molar-refractivity contribution in [3.8, 4) is 5.75 Å². The molecule has 2 saturated carbocycles. The molecule has 0 heterocycles. The molecule has 3 aliphatic carbocycles. The number of fused-ring (bicyclic) bond motifs is 5. The van der Waals surface area contributed by atoms with E-state index in [0.29, 0.717) is 30.8 Å². The van der Waals surface area contributed by atoms with Crippen LogP contribution in [0, 0.1) is 30.1 Å². The number of aryl methyl sites for hydroxylation is 2. The van der Waals surface area contributed by atoms with E-state index in [1.165, 1.54) is 11.1 Å². The molecule has 7 heteroatoms. The zero-order valence-electron chi connectivity index (χ0n) is 24.9. The molecule has 6 nitrogen and oxygen atoms in total. The van der Waals surface area contributed by atoms with Gasteiger partial charge in [0.25, 0.3) is 10.0 Å². The number of methoxy groups -OCH3 is 2. The third-order valence-corrected chi connectivity index (χ3v) is 11.5. The van der Waals surface area contributed by atoms with Crippen molar-refractivity contribution in [2.75, 3.05) is 20.8 Å². The molecule has 5 atom stereocenters. The Kier molecular flexibility index (Phi) is 8.10. The maximum atomic E-state index is 13.4. The van der Waals surface area contributed by atoms with Crippen molar-refractivity contribution in [2.45, 2.75) is 89.1 Å². The van der Waals surface area contributed by atoms with Crippen molar-refractivity contribution in [2.24, 2.45) is 27.6 Å². The van der Waals surface area contributed by atoms with Crippen molar-refractivity contribution in [1.29, 1.82) is 0 Å². The molecule has 2 aromatic rings. The topological polar surface area (TPSA) is 74.2 Å². The lowest BCUT2D eigenvalue weighted by atomic mass is 9.53. The zero-order valence-corrected chi connectivity index (χ0v) is 25.7. The maximum Gasteiger partial charge on any atom is 0.285 e. The highest BCUT2D eigenvalue weighted by molar-refractivity contribution is 7.90. The van der Waals surface area contributed by atoms with E-state index >= 15 is 0 Å². The van der Waals surface area contributed by atoms with Gasteiger partial charge >= 0.3 is 0 Å². The Hall–Kier alpha value is -2.38. The van der Waals surface area contributed by atoms with E-state index in [-0.39, 0.29) is 22.1 Å². The summed E-state index contributed by atoms with van der Waals surface area (Å²) in [6.45, 7) is 8.84. The number of nitrogens with zero attached hydrogens (tertiary/aromatic N) is 1. The number of hydrogen-bond acceptors (Lipinski definition) is 5. The van der Waals surface area contributed by atoms with E-state index < -0.39 is 15.6 Å². The lowest BCUT2D eigenvalue weighted by molar-refractivity contribution is -0.123. The quantitative estimate of drug-likeness (QED) is 0.251. The molecule has 0 aliphatic heterocycles. The number of sulfonamides is 1.